The summed E-state index contributed by atoms with van der Waals surface area (Å²) in [4.78, 5) is 0. The zero-order valence-corrected chi connectivity index (χ0v) is 12.0. The monoisotopic (exact) mass is 265 g/mol. The lowest BCUT2D eigenvalue weighted by Gasteiger charge is -2.37. The molecule has 2 N–H and O–H groups in total. The SMILES string of the molecule is CCCC1CCC(N)(Cc2ccccc2Cl)CC1. The number of hydrogen-bond acceptors (Lipinski definition) is 1. The summed E-state index contributed by atoms with van der Waals surface area (Å²) >= 11 is 6.23. The summed E-state index contributed by atoms with van der Waals surface area (Å²) in [6, 6.07) is 8.10. The molecule has 1 aromatic carbocycles. The zero-order valence-electron chi connectivity index (χ0n) is 11.3. The first-order chi connectivity index (χ1) is 8.63. The standard InChI is InChI=1S/C16H24ClN/c1-2-5-13-8-10-16(18,11-9-13)12-14-6-3-4-7-15(14)17/h3-4,6-7,13H,2,5,8-12,18H2,1H3. The van der Waals surface area contributed by atoms with E-state index in [1.165, 1.54) is 31.2 Å². The number of nitrogens with two attached hydrogens (primary N) is 1. The van der Waals surface area contributed by atoms with E-state index in [0.717, 1.165) is 30.2 Å². The summed E-state index contributed by atoms with van der Waals surface area (Å²) in [5.74, 6) is 0.901. The van der Waals surface area contributed by atoms with Crippen molar-refractivity contribution in [1.82, 2.24) is 0 Å². The van der Waals surface area contributed by atoms with Crippen LogP contribution in [0, 0.1) is 5.92 Å². The first-order valence-corrected chi connectivity index (χ1v) is 7.53. The molecule has 0 unspecified atom stereocenters. The van der Waals surface area contributed by atoms with Crippen LogP contribution in [0.15, 0.2) is 24.3 Å². The van der Waals surface area contributed by atoms with Crippen LogP contribution in [-0.2, 0) is 6.42 Å². The van der Waals surface area contributed by atoms with E-state index in [2.05, 4.69) is 13.0 Å². The van der Waals surface area contributed by atoms with Crippen molar-refractivity contribution in [3.63, 3.8) is 0 Å². The highest BCUT2D eigenvalue weighted by Gasteiger charge is 2.31. The van der Waals surface area contributed by atoms with Gasteiger partial charge in [-0.1, -0.05) is 49.6 Å². The molecule has 18 heavy (non-hydrogen) atoms. The topological polar surface area (TPSA) is 26.0 Å². The Bertz CT molecular complexity index is 380. The average molecular weight is 266 g/mol. The van der Waals surface area contributed by atoms with Gasteiger partial charge in [-0.25, -0.2) is 0 Å². The summed E-state index contributed by atoms with van der Waals surface area (Å²) in [6.07, 6.45) is 8.44. The van der Waals surface area contributed by atoms with Gasteiger partial charge >= 0.3 is 0 Å². The van der Waals surface area contributed by atoms with Gasteiger partial charge in [-0.2, -0.15) is 0 Å². The van der Waals surface area contributed by atoms with Crippen LogP contribution in [0.4, 0.5) is 0 Å². The Morgan fingerprint density at radius 3 is 2.56 bits per heavy atom. The van der Waals surface area contributed by atoms with Gasteiger partial charge < -0.3 is 5.73 Å². The predicted octanol–water partition coefficient (Wildman–Crippen LogP) is 4.57. The summed E-state index contributed by atoms with van der Waals surface area (Å²) in [7, 11) is 0. The van der Waals surface area contributed by atoms with Crippen molar-refractivity contribution < 1.29 is 0 Å². The van der Waals surface area contributed by atoms with Gasteiger partial charge in [0.25, 0.3) is 0 Å². The molecule has 0 aromatic heterocycles. The fraction of sp³-hybridized carbons (Fsp3) is 0.625. The molecule has 0 amide bonds. The van der Waals surface area contributed by atoms with Gasteiger partial charge in [-0.3, -0.25) is 0 Å². The highest BCUT2D eigenvalue weighted by Crippen LogP contribution is 2.35. The number of hydrogen-bond donors (Lipinski definition) is 1. The molecular formula is C16H24ClN. The van der Waals surface area contributed by atoms with Crippen molar-refractivity contribution in [3.8, 4) is 0 Å². The first kappa shape index (κ1) is 13.9. The molecule has 0 saturated heterocycles. The molecule has 0 aliphatic heterocycles. The maximum atomic E-state index is 6.56. The lowest BCUT2D eigenvalue weighted by molar-refractivity contribution is 0.223. The molecule has 0 atom stereocenters. The van der Waals surface area contributed by atoms with Gasteiger partial charge in [0.05, 0.1) is 0 Å². The van der Waals surface area contributed by atoms with E-state index in [-0.39, 0.29) is 5.54 Å². The van der Waals surface area contributed by atoms with E-state index in [4.69, 9.17) is 17.3 Å². The third kappa shape index (κ3) is 3.49. The molecule has 0 heterocycles. The maximum absolute atomic E-state index is 6.56. The zero-order chi connectivity index (χ0) is 13.0. The van der Waals surface area contributed by atoms with Crippen LogP contribution in [0.5, 0.6) is 0 Å². The molecular weight excluding hydrogens is 242 g/mol. The second-order valence-electron chi connectivity index (χ2n) is 5.86. The summed E-state index contributed by atoms with van der Waals surface area (Å²) in [6.45, 7) is 2.27. The smallest absolute Gasteiger partial charge is 0.0438 e. The second-order valence-corrected chi connectivity index (χ2v) is 6.27. The molecule has 1 fully saturated rings. The van der Waals surface area contributed by atoms with E-state index in [1.807, 2.05) is 18.2 Å². The Hall–Kier alpha value is -0.530. The second kappa shape index (κ2) is 6.08. The van der Waals surface area contributed by atoms with E-state index in [1.54, 1.807) is 0 Å². The quantitative estimate of drug-likeness (QED) is 0.848. The van der Waals surface area contributed by atoms with Crippen molar-refractivity contribution in [2.24, 2.45) is 11.7 Å². The molecule has 0 radical (unpaired) electrons. The molecule has 2 rings (SSSR count). The van der Waals surface area contributed by atoms with Crippen molar-refractivity contribution in [3.05, 3.63) is 34.9 Å². The summed E-state index contributed by atoms with van der Waals surface area (Å²) < 4.78 is 0. The van der Waals surface area contributed by atoms with Gasteiger partial charge in [0.1, 0.15) is 0 Å². The van der Waals surface area contributed by atoms with Crippen LogP contribution >= 0.6 is 11.6 Å². The minimum absolute atomic E-state index is 0.0325. The summed E-state index contributed by atoms with van der Waals surface area (Å²) in [5, 5.41) is 0.859. The molecule has 0 spiro atoms. The van der Waals surface area contributed by atoms with E-state index >= 15 is 0 Å². The van der Waals surface area contributed by atoms with Crippen molar-refractivity contribution in [1.29, 1.82) is 0 Å². The minimum atomic E-state index is -0.0325. The number of rotatable bonds is 4. The molecule has 1 aliphatic rings. The van der Waals surface area contributed by atoms with Gasteiger partial charge in [-0.05, 0) is 49.7 Å². The average Bonchev–Trinajstić information content (AvgIpc) is 2.36. The molecule has 100 valence electrons. The van der Waals surface area contributed by atoms with Gasteiger partial charge in [0, 0.05) is 10.6 Å². The highest BCUT2D eigenvalue weighted by molar-refractivity contribution is 6.31. The van der Waals surface area contributed by atoms with Crippen LogP contribution in [0.1, 0.15) is 51.0 Å². The predicted molar refractivity (Wildman–Crippen MR) is 78.9 cm³/mol. The highest BCUT2D eigenvalue weighted by atomic mass is 35.5. The van der Waals surface area contributed by atoms with Gasteiger partial charge in [0.2, 0.25) is 0 Å². The van der Waals surface area contributed by atoms with Gasteiger partial charge in [0.15, 0.2) is 0 Å². The largest absolute Gasteiger partial charge is 0.325 e. The molecule has 0 bridgehead atoms. The van der Waals surface area contributed by atoms with E-state index in [0.29, 0.717) is 0 Å². The van der Waals surface area contributed by atoms with Crippen LogP contribution in [0.3, 0.4) is 0 Å². The Balaban J connectivity index is 1.96. The lowest BCUT2D eigenvalue weighted by atomic mass is 9.73. The minimum Gasteiger partial charge on any atom is -0.325 e. The molecule has 1 aliphatic carbocycles. The maximum Gasteiger partial charge on any atom is 0.0438 e. The fourth-order valence-electron chi connectivity index (χ4n) is 3.15. The van der Waals surface area contributed by atoms with Crippen LogP contribution in [-0.4, -0.2) is 5.54 Å². The summed E-state index contributed by atoms with van der Waals surface area (Å²) in [5.41, 5.74) is 7.73. The Kier molecular flexibility index (Phi) is 4.69. The number of benzene rings is 1. The third-order valence-electron chi connectivity index (χ3n) is 4.30. The Morgan fingerprint density at radius 1 is 1.28 bits per heavy atom. The van der Waals surface area contributed by atoms with Crippen molar-refractivity contribution in [2.75, 3.05) is 0 Å². The van der Waals surface area contributed by atoms with Crippen LogP contribution in [0.25, 0.3) is 0 Å². The number of halogens is 1. The fourth-order valence-corrected chi connectivity index (χ4v) is 3.35. The third-order valence-corrected chi connectivity index (χ3v) is 4.67. The molecule has 1 aromatic rings. The van der Waals surface area contributed by atoms with E-state index in [9.17, 15) is 0 Å². The molecule has 1 saturated carbocycles. The van der Waals surface area contributed by atoms with E-state index < -0.39 is 0 Å². The van der Waals surface area contributed by atoms with Crippen molar-refractivity contribution >= 4 is 11.6 Å². The lowest BCUT2D eigenvalue weighted by Crippen LogP contribution is -2.45. The van der Waals surface area contributed by atoms with Crippen LogP contribution < -0.4 is 5.73 Å². The van der Waals surface area contributed by atoms with Crippen molar-refractivity contribution in [2.45, 2.75) is 57.4 Å². The van der Waals surface area contributed by atoms with Gasteiger partial charge in [-0.15, -0.1) is 0 Å². The molecule has 2 heteroatoms. The first-order valence-electron chi connectivity index (χ1n) is 7.15. The Morgan fingerprint density at radius 2 is 1.94 bits per heavy atom. The normalized spacial score (nSPS) is 28.3. The Labute approximate surface area is 116 Å². The van der Waals surface area contributed by atoms with Crippen LogP contribution in [0.2, 0.25) is 5.02 Å². The molecule has 1 nitrogen and oxygen atoms in total.